The van der Waals surface area contributed by atoms with E-state index in [9.17, 15) is 9.90 Å². The van der Waals surface area contributed by atoms with Crippen LogP contribution < -0.4 is 15.0 Å². The molecule has 2 N–H and O–H groups in total. The van der Waals surface area contributed by atoms with Crippen molar-refractivity contribution in [1.82, 2.24) is 0 Å². The summed E-state index contributed by atoms with van der Waals surface area (Å²) in [6, 6.07) is 9.76. The maximum atomic E-state index is 12.7. The van der Waals surface area contributed by atoms with Crippen molar-refractivity contribution in [3.8, 4) is 16.9 Å². The van der Waals surface area contributed by atoms with Gasteiger partial charge in [0, 0.05) is 18.2 Å². The molecule has 0 aromatic heterocycles. The van der Waals surface area contributed by atoms with Gasteiger partial charge in [-0.2, -0.15) is 0 Å². The van der Waals surface area contributed by atoms with Crippen LogP contribution in [0.5, 0.6) is 5.75 Å². The van der Waals surface area contributed by atoms with Crippen LogP contribution in [0.1, 0.15) is 31.9 Å². The monoisotopic (exact) mass is 366 g/mol. The maximum Gasteiger partial charge on any atom is 0.251 e. The molecule has 2 aromatic carbocycles. The number of hydrogen-bond donors (Lipinski definition) is 2. The van der Waals surface area contributed by atoms with Crippen LogP contribution in [0.15, 0.2) is 36.9 Å². The Bertz CT molecular complexity index is 931. The fourth-order valence-electron chi connectivity index (χ4n) is 3.63. The second-order valence-corrected chi connectivity index (χ2v) is 7.46. The molecule has 0 unspecified atom stereocenters. The van der Waals surface area contributed by atoms with E-state index in [1.165, 1.54) is 0 Å². The smallest absolute Gasteiger partial charge is 0.251 e. The lowest BCUT2D eigenvalue weighted by Crippen LogP contribution is -2.52. The average molecular weight is 366 g/mol. The molecule has 0 saturated carbocycles. The minimum Gasteiger partial charge on any atom is -0.496 e. The average Bonchev–Trinajstić information content (AvgIpc) is 2.64. The Kier molecular flexibility index (Phi) is 4.74. The summed E-state index contributed by atoms with van der Waals surface area (Å²) in [5, 5.41) is 13.5. The number of aliphatic hydroxyl groups excluding tert-OH is 1. The molecule has 0 atom stereocenters. The molecular formula is C22H26N2O3. The quantitative estimate of drug-likeness (QED) is 0.857. The highest BCUT2D eigenvalue weighted by molar-refractivity contribution is 6.08. The Labute approximate surface area is 160 Å². The number of fused-ring (bicyclic) bond motifs is 1. The largest absolute Gasteiger partial charge is 0.496 e. The van der Waals surface area contributed by atoms with Gasteiger partial charge < -0.3 is 20.1 Å². The van der Waals surface area contributed by atoms with Crippen molar-refractivity contribution in [2.75, 3.05) is 24.4 Å². The van der Waals surface area contributed by atoms with E-state index >= 15 is 0 Å². The van der Waals surface area contributed by atoms with Gasteiger partial charge in [0.25, 0.3) is 5.91 Å². The third kappa shape index (κ3) is 3.08. The molecule has 0 saturated heterocycles. The molecule has 1 heterocycles. The Balaban J connectivity index is 2.27. The lowest BCUT2D eigenvalue weighted by molar-refractivity contribution is -0.121. The predicted octanol–water partition coefficient (Wildman–Crippen LogP) is 4.05. The van der Waals surface area contributed by atoms with E-state index in [0.717, 1.165) is 28.0 Å². The number of nitrogens with zero attached hydrogens (tertiary/aromatic N) is 1. The molecule has 2 aromatic rings. The zero-order chi connectivity index (χ0) is 19.9. The van der Waals surface area contributed by atoms with Crippen molar-refractivity contribution >= 4 is 22.9 Å². The molecule has 0 radical (unpaired) electrons. The number of anilines is 2. The summed E-state index contributed by atoms with van der Waals surface area (Å²) in [7, 11) is 3.37. The van der Waals surface area contributed by atoms with Crippen LogP contribution >= 0.6 is 0 Å². The van der Waals surface area contributed by atoms with Gasteiger partial charge in [0.1, 0.15) is 11.3 Å². The Morgan fingerprint density at radius 1 is 1.26 bits per heavy atom. The van der Waals surface area contributed by atoms with Crippen molar-refractivity contribution in [3.63, 3.8) is 0 Å². The zero-order valence-electron chi connectivity index (χ0n) is 16.5. The highest BCUT2D eigenvalue weighted by Crippen LogP contribution is 2.44. The van der Waals surface area contributed by atoms with Gasteiger partial charge in [-0.15, -0.1) is 0 Å². The van der Waals surface area contributed by atoms with Crippen LogP contribution in [-0.4, -0.2) is 30.7 Å². The number of nitrogens with one attached hydrogen (secondary N) is 1. The van der Waals surface area contributed by atoms with E-state index in [1.807, 2.05) is 51.1 Å². The van der Waals surface area contributed by atoms with Crippen molar-refractivity contribution in [2.45, 2.75) is 32.9 Å². The lowest BCUT2D eigenvalue weighted by atomic mass is 9.91. The van der Waals surface area contributed by atoms with E-state index in [4.69, 9.17) is 4.74 Å². The predicted molar refractivity (Wildman–Crippen MR) is 110 cm³/mol. The first-order valence-electron chi connectivity index (χ1n) is 8.88. The summed E-state index contributed by atoms with van der Waals surface area (Å²) in [6.07, 6.45) is 0. The van der Waals surface area contributed by atoms with E-state index in [2.05, 4.69) is 11.9 Å². The summed E-state index contributed by atoms with van der Waals surface area (Å²) >= 11 is 0. The van der Waals surface area contributed by atoms with Crippen LogP contribution in [0.25, 0.3) is 16.7 Å². The number of aliphatic hydroxyl groups is 1. The van der Waals surface area contributed by atoms with E-state index < -0.39 is 5.54 Å². The number of rotatable bonds is 4. The van der Waals surface area contributed by atoms with Gasteiger partial charge in [0.2, 0.25) is 0 Å². The molecule has 0 spiro atoms. The summed E-state index contributed by atoms with van der Waals surface area (Å²) in [5.41, 5.74) is 5.13. The van der Waals surface area contributed by atoms with Gasteiger partial charge in [-0.05, 0) is 50.1 Å². The number of ether oxygens (including phenoxy) is 1. The van der Waals surface area contributed by atoms with Gasteiger partial charge >= 0.3 is 0 Å². The Morgan fingerprint density at radius 2 is 1.96 bits per heavy atom. The van der Waals surface area contributed by atoms with E-state index in [1.54, 1.807) is 19.1 Å². The van der Waals surface area contributed by atoms with Gasteiger partial charge in [-0.25, -0.2) is 0 Å². The Morgan fingerprint density at radius 3 is 2.56 bits per heavy atom. The molecule has 5 nitrogen and oxygen atoms in total. The Hall–Kier alpha value is -2.79. The molecule has 1 aliphatic rings. The third-order valence-corrected chi connectivity index (χ3v) is 5.05. The van der Waals surface area contributed by atoms with Gasteiger partial charge in [-0.3, -0.25) is 4.79 Å². The number of benzene rings is 2. The molecule has 1 amide bonds. The van der Waals surface area contributed by atoms with Crippen LogP contribution in [0.4, 0.5) is 11.4 Å². The molecule has 27 heavy (non-hydrogen) atoms. The molecule has 0 bridgehead atoms. The van der Waals surface area contributed by atoms with Gasteiger partial charge in [0.05, 0.1) is 25.1 Å². The minimum atomic E-state index is -0.701. The summed E-state index contributed by atoms with van der Waals surface area (Å²) in [6.45, 7) is 9.46. The van der Waals surface area contributed by atoms with Crippen LogP contribution in [0.2, 0.25) is 0 Å². The molecular weight excluding hydrogens is 340 g/mol. The molecule has 142 valence electrons. The highest BCUT2D eigenvalue weighted by Gasteiger charge is 2.38. The van der Waals surface area contributed by atoms with Crippen molar-refractivity contribution < 1.29 is 14.6 Å². The van der Waals surface area contributed by atoms with Gasteiger partial charge in [0.15, 0.2) is 0 Å². The van der Waals surface area contributed by atoms with E-state index in [0.29, 0.717) is 17.0 Å². The summed E-state index contributed by atoms with van der Waals surface area (Å²) < 4.78 is 5.55. The molecule has 5 heteroatoms. The summed E-state index contributed by atoms with van der Waals surface area (Å²) in [4.78, 5) is 14.4. The van der Waals surface area contributed by atoms with Crippen LogP contribution in [0.3, 0.4) is 0 Å². The molecule has 1 aliphatic heterocycles. The fraction of sp³-hybridized carbons (Fsp3) is 0.318. The number of methoxy groups -OCH3 is 1. The molecule has 0 aliphatic carbocycles. The van der Waals surface area contributed by atoms with Crippen molar-refractivity contribution in [2.24, 2.45) is 0 Å². The lowest BCUT2D eigenvalue weighted by Gasteiger charge is -2.39. The number of allylic oxidation sites excluding steroid dienone is 1. The number of carbonyl (C=O) groups excluding carboxylic acids is 1. The van der Waals surface area contributed by atoms with Crippen molar-refractivity contribution in [3.05, 3.63) is 48.0 Å². The first kappa shape index (κ1) is 19.0. The first-order valence-corrected chi connectivity index (χ1v) is 8.88. The molecule has 0 fully saturated rings. The number of amides is 1. The second-order valence-electron chi connectivity index (χ2n) is 7.46. The number of carbonyl (C=O) groups is 1. The normalized spacial score (nSPS) is 15.2. The second kappa shape index (κ2) is 6.74. The molecule has 3 rings (SSSR count). The standard InChI is InChI=1S/C22H26N2O3/c1-13(2)14-7-10-19(27-6)16(11-14)15-8-9-18-20(17(15)12-25)24(5)21(26)22(3,4)23-18/h7-11,23,25H,1,12H2,2-6H3. The zero-order valence-corrected chi connectivity index (χ0v) is 16.5. The first-order chi connectivity index (χ1) is 12.7. The summed E-state index contributed by atoms with van der Waals surface area (Å²) in [5.74, 6) is 0.650. The third-order valence-electron chi connectivity index (χ3n) is 5.05. The van der Waals surface area contributed by atoms with Crippen molar-refractivity contribution in [1.29, 1.82) is 0 Å². The van der Waals surface area contributed by atoms with Crippen LogP contribution in [-0.2, 0) is 11.4 Å². The topological polar surface area (TPSA) is 61.8 Å². The fourth-order valence-corrected chi connectivity index (χ4v) is 3.63. The number of hydrogen-bond acceptors (Lipinski definition) is 4. The van der Waals surface area contributed by atoms with Crippen LogP contribution in [0, 0.1) is 0 Å². The van der Waals surface area contributed by atoms with Gasteiger partial charge in [-0.1, -0.05) is 24.3 Å². The van der Waals surface area contributed by atoms with E-state index in [-0.39, 0.29) is 12.5 Å². The maximum absolute atomic E-state index is 12.7. The SMILES string of the molecule is C=C(C)c1ccc(OC)c(-c2ccc3c(c2CO)N(C)C(=O)C(C)(C)N3)c1. The minimum absolute atomic E-state index is 0.0514. The number of likely N-dealkylation sites (N-methyl/N-ethyl adjacent to an activating group) is 1. The highest BCUT2D eigenvalue weighted by atomic mass is 16.5.